The number of phenols is 1. The van der Waals surface area contributed by atoms with E-state index in [0.717, 1.165) is 11.1 Å². The van der Waals surface area contributed by atoms with Gasteiger partial charge in [-0.05, 0) is 48.7 Å². The van der Waals surface area contributed by atoms with Crippen LogP contribution in [0, 0.1) is 0 Å². The van der Waals surface area contributed by atoms with E-state index in [4.69, 9.17) is 9.47 Å². The second-order valence-electron chi connectivity index (χ2n) is 5.79. The number of aromatic hydroxyl groups is 1. The third kappa shape index (κ3) is 5.60. The summed E-state index contributed by atoms with van der Waals surface area (Å²) in [4.78, 5) is 12.0. The van der Waals surface area contributed by atoms with Crippen LogP contribution in [0.5, 0.6) is 17.2 Å². The maximum atomic E-state index is 12.0. The number of amides is 2. The number of nitrogens with one attached hydrogen (secondary N) is 2. The predicted molar refractivity (Wildman–Crippen MR) is 96.2 cm³/mol. The van der Waals surface area contributed by atoms with E-state index in [1.54, 1.807) is 32.4 Å². The Balaban J connectivity index is 1.82. The molecule has 0 heterocycles. The number of hydrogen-bond acceptors (Lipinski definition) is 4. The fourth-order valence-corrected chi connectivity index (χ4v) is 2.48. The zero-order valence-corrected chi connectivity index (χ0v) is 14.7. The van der Waals surface area contributed by atoms with Crippen LogP contribution in [0.2, 0.25) is 0 Å². The minimum Gasteiger partial charge on any atom is -0.508 e. The summed E-state index contributed by atoms with van der Waals surface area (Å²) in [5.74, 6) is 1.51. The van der Waals surface area contributed by atoms with Crippen molar-refractivity contribution in [2.75, 3.05) is 14.2 Å². The van der Waals surface area contributed by atoms with Crippen molar-refractivity contribution in [2.45, 2.75) is 25.9 Å². The molecule has 0 aliphatic heterocycles. The Bertz CT molecular complexity index is 701. The molecule has 2 amide bonds. The number of carbonyl (C=O) groups excluding carboxylic acids is 1. The lowest BCUT2D eigenvalue weighted by molar-refractivity contribution is 0.237. The van der Waals surface area contributed by atoms with Crippen LogP contribution >= 0.6 is 0 Å². The Morgan fingerprint density at radius 2 is 1.68 bits per heavy atom. The molecule has 0 saturated carbocycles. The summed E-state index contributed by atoms with van der Waals surface area (Å²) in [6, 6.07) is 12.2. The summed E-state index contributed by atoms with van der Waals surface area (Å²) < 4.78 is 10.4. The van der Waals surface area contributed by atoms with Crippen molar-refractivity contribution >= 4 is 6.03 Å². The van der Waals surface area contributed by atoms with Gasteiger partial charge < -0.3 is 25.2 Å². The molecule has 0 saturated heterocycles. The Morgan fingerprint density at radius 3 is 2.32 bits per heavy atom. The van der Waals surface area contributed by atoms with E-state index in [1.807, 2.05) is 31.2 Å². The molecule has 0 fully saturated rings. The first-order valence-electron chi connectivity index (χ1n) is 8.05. The first kappa shape index (κ1) is 18.4. The predicted octanol–water partition coefficient (Wildman–Crippen LogP) is 2.84. The Hall–Kier alpha value is -2.89. The zero-order valence-electron chi connectivity index (χ0n) is 14.7. The third-order valence-electron chi connectivity index (χ3n) is 3.76. The quantitative estimate of drug-likeness (QED) is 0.721. The van der Waals surface area contributed by atoms with Crippen LogP contribution in [0.4, 0.5) is 4.79 Å². The summed E-state index contributed by atoms with van der Waals surface area (Å²) >= 11 is 0. The molecule has 0 radical (unpaired) electrons. The number of phenolic OH excluding ortho intramolecular Hbond substituents is 1. The minimum absolute atomic E-state index is 0.0325. The van der Waals surface area contributed by atoms with Crippen LogP contribution < -0.4 is 20.1 Å². The lowest BCUT2D eigenvalue weighted by Gasteiger charge is -2.15. The maximum Gasteiger partial charge on any atom is 0.315 e. The lowest BCUT2D eigenvalue weighted by atomic mass is 10.1. The van der Waals surface area contributed by atoms with Crippen LogP contribution in [-0.4, -0.2) is 31.4 Å². The van der Waals surface area contributed by atoms with Crippen LogP contribution in [0.25, 0.3) is 0 Å². The number of methoxy groups -OCH3 is 2. The number of carbonyl (C=O) groups is 1. The van der Waals surface area contributed by atoms with Crippen molar-refractivity contribution < 1.29 is 19.4 Å². The normalized spacial score (nSPS) is 11.5. The standard InChI is InChI=1S/C19H24N2O4/c1-13(10-14-4-7-16(22)8-5-14)21-19(23)20-12-15-6-9-17(24-2)18(11-15)25-3/h4-9,11,13,22H,10,12H2,1-3H3,(H2,20,21,23). The fraction of sp³-hybridized carbons (Fsp3) is 0.316. The van der Waals surface area contributed by atoms with Gasteiger partial charge in [-0.2, -0.15) is 0 Å². The van der Waals surface area contributed by atoms with E-state index in [2.05, 4.69) is 10.6 Å². The van der Waals surface area contributed by atoms with Gasteiger partial charge >= 0.3 is 6.03 Å². The van der Waals surface area contributed by atoms with Crippen LogP contribution in [-0.2, 0) is 13.0 Å². The molecule has 0 aromatic heterocycles. The lowest BCUT2D eigenvalue weighted by Crippen LogP contribution is -2.41. The highest BCUT2D eigenvalue weighted by molar-refractivity contribution is 5.74. The monoisotopic (exact) mass is 344 g/mol. The first-order valence-corrected chi connectivity index (χ1v) is 8.05. The van der Waals surface area contributed by atoms with Gasteiger partial charge in [0.25, 0.3) is 0 Å². The van der Waals surface area contributed by atoms with Gasteiger partial charge in [0.1, 0.15) is 5.75 Å². The summed E-state index contributed by atoms with van der Waals surface area (Å²) in [5.41, 5.74) is 1.96. The van der Waals surface area contributed by atoms with Crippen molar-refractivity contribution in [3.05, 3.63) is 53.6 Å². The number of hydrogen-bond donors (Lipinski definition) is 3. The molecule has 2 rings (SSSR count). The van der Waals surface area contributed by atoms with E-state index in [0.29, 0.717) is 24.5 Å². The van der Waals surface area contributed by atoms with Gasteiger partial charge in [0.15, 0.2) is 11.5 Å². The van der Waals surface area contributed by atoms with Gasteiger partial charge in [-0.1, -0.05) is 18.2 Å². The molecule has 3 N–H and O–H groups in total. The SMILES string of the molecule is COc1ccc(CNC(=O)NC(C)Cc2ccc(O)cc2)cc1OC. The fourth-order valence-electron chi connectivity index (χ4n) is 2.48. The molecule has 0 aliphatic carbocycles. The third-order valence-corrected chi connectivity index (χ3v) is 3.76. The molecular formula is C19H24N2O4. The van der Waals surface area contributed by atoms with Crippen LogP contribution in [0.1, 0.15) is 18.1 Å². The van der Waals surface area contributed by atoms with Crippen molar-refractivity contribution in [1.29, 1.82) is 0 Å². The molecular weight excluding hydrogens is 320 g/mol. The molecule has 0 bridgehead atoms. The summed E-state index contributed by atoms with van der Waals surface area (Å²) in [6.07, 6.45) is 0.685. The van der Waals surface area contributed by atoms with E-state index in [1.165, 1.54) is 0 Å². The number of rotatable bonds is 7. The molecule has 6 heteroatoms. The average Bonchev–Trinajstić information content (AvgIpc) is 2.61. The molecule has 2 aromatic rings. The largest absolute Gasteiger partial charge is 0.508 e. The van der Waals surface area contributed by atoms with Gasteiger partial charge in [0.05, 0.1) is 14.2 Å². The highest BCUT2D eigenvalue weighted by Gasteiger charge is 2.09. The van der Waals surface area contributed by atoms with Gasteiger partial charge in [0, 0.05) is 12.6 Å². The molecule has 134 valence electrons. The number of urea groups is 1. The molecule has 2 aromatic carbocycles. The second-order valence-corrected chi connectivity index (χ2v) is 5.79. The summed E-state index contributed by atoms with van der Waals surface area (Å²) in [5, 5.41) is 15.0. The van der Waals surface area contributed by atoms with Gasteiger partial charge in [0.2, 0.25) is 0 Å². The first-order chi connectivity index (χ1) is 12.0. The summed E-state index contributed by atoms with van der Waals surface area (Å²) in [7, 11) is 3.16. The van der Waals surface area contributed by atoms with E-state index < -0.39 is 0 Å². The van der Waals surface area contributed by atoms with Crippen molar-refractivity contribution in [2.24, 2.45) is 0 Å². The average molecular weight is 344 g/mol. The Morgan fingerprint density at radius 1 is 1.04 bits per heavy atom. The Kier molecular flexibility index (Phi) is 6.51. The van der Waals surface area contributed by atoms with Crippen molar-refractivity contribution in [3.8, 4) is 17.2 Å². The van der Waals surface area contributed by atoms with Crippen LogP contribution in [0.15, 0.2) is 42.5 Å². The smallest absolute Gasteiger partial charge is 0.315 e. The van der Waals surface area contributed by atoms with Crippen LogP contribution in [0.3, 0.4) is 0 Å². The minimum atomic E-state index is -0.235. The molecule has 1 unspecified atom stereocenters. The van der Waals surface area contributed by atoms with Gasteiger partial charge in [-0.25, -0.2) is 4.79 Å². The maximum absolute atomic E-state index is 12.0. The number of benzene rings is 2. The van der Waals surface area contributed by atoms with E-state index >= 15 is 0 Å². The highest BCUT2D eigenvalue weighted by Crippen LogP contribution is 2.27. The van der Waals surface area contributed by atoms with E-state index in [-0.39, 0.29) is 17.8 Å². The zero-order chi connectivity index (χ0) is 18.2. The summed E-state index contributed by atoms with van der Waals surface area (Å²) in [6.45, 7) is 2.32. The molecule has 0 spiro atoms. The second kappa shape index (κ2) is 8.82. The van der Waals surface area contributed by atoms with Crippen molar-refractivity contribution in [3.63, 3.8) is 0 Å². The topological polar surface area (TPSA) is 79.8 Å². The van der Waals surface area contributed by atoms with Crippen molar-refractivity contribution in [1.82, 2.24) is 10.6 Å². The van der Waals surface area contributed by atoms with E-state index in [9.17, 15) is 9.90 Å². The van der Waals surface area contributed by atoms with Gasteiger partial charge in [-0.15, -0.1) is 0 Å². The molecule has 0 aliphatic rings. The Labute approximate surface area is 147 Å². The van der Waals surface area contributed by atoms with Gasteiger partial charge in [-0.3, -0.25) is 0 Å². The molecule has 6 nitrogen and oxygen atoms in total. The molecule has 25 heavy (non-hydrogen) atoms. The number of ether oxygens (including phenoxy) is 2. The highest BCUT2D eigenvalue weighted by atomic mass is 16.5. The molecule has 1 atom stereocenters.